The third kappa shape index (κ3) is 5.81. The van der Waals surface area contributed by atoms with Gasteiger partial charge in [-0.05, 0) is 110 Å². The quantitative estimate of drug-likeness (QED) is 0.155. The number of hydrogen-bond donors (Lipinski definition) is 0. The van der Waals surface area contributed by atoms with Crippen molar-refractivity contribution >= 4 is 48.6 Å². The topological polar surface area (TPSA) is 3.24 Å². The van der Waals surface area contributed by atoms with Gasteiger partial charge in [-0.2, -0.15) is 0 Å². The predicted molar refractivity (Wildman–Crippen MR) is 260 cm³/mol. The Morgan fingerprint density at radius 1 is 0.361 bits per heavy atom. The summed E-state index contributed by atoms with van der Waals surface area (Å²) in [6.07, 6.45) is 4.99. The van der Waals surface area contributed by atoms with Crippen LogP contribution in [0.5, 0.6) is 0 Å². The molecule has 290 valence electrons. The van der Waals surface area contributed by atoms with E-state index in [0.717, 1.165) is 17.1 Å². The lowest BCUT2D eigenvalue weighted by Gasteiger charge is -2.30. The van der Waals surface area contributed by atoms with Gasteiger partial charge in [0.05, 0.1) is 5.69 Å². The molecule has 0 aliphatic heterocycles. The smallest absolute Gasteiger partial charge is 0.0540 e. The number of anilines is 3. The number of nitrogens with zero attached hydrogens (tertiary/aromatic N) is 1. The lowest BCUT2D eigenvalue weighted by molar-refractivity contribution is 0.550. The average molecular weight is 798 g/mol. The molecule has 1 saturated carbocycles. The lowest BCUT2D eigenvalue weighted by Crippen LogP contribution is -2.20. The van der Waals surface area contributed by atoms with Gasteiger partial charge in [-0.15, -0.1) is 11.3 Å². The summed E-state index contributed by atoms with van der Waals surface area (Å²) in [4.78, 5) is 2.52. The first-order valence-electron chi connectivity index (χ1n) is 21.6. The minimum atomic E-state index is 0.112. The number of thiophene rings is 1. The van der Waals surface area contributed by atoms with Gasteiger partial charge in [0.25, 0.3) is 0 Å². The molecular formula is C59H43NS. The second-order valence-corrected chi connectivity index (χ2v) is 17.8. The maximum atomic E-state index is 2.52. The van der Waals surface area contributed by atoms with Gasteiger partial charge in [0.15, 0.2) is 0 Å². The monoisotopic (exact) mass is 797 g/mol. The van der Waals surface area contributed by atoms with Gasteiger partial charge >= 0.3 is 0 Å². The Bertz CT molecular complexity index is 3280. The summed E-state index contributed by atoms with van der Waals surface area (Å²) in [5, 5.41) is 2.64. The highest BCUT2D eigenvalue weighted by Gasteiger charge is 2.45. The Labute approximate surface area is 361 Å². The van der Waals surface area contributed by atoms with Crippen molar-refractivity contribution in [2.24, 2.45) is 0 Å². The number of benzene rings is 9. The number of para-hydroxylation sites is 1. The molecule has 1 heterocycles. The molecule has 0 saturated heterocycles. The van der Waals surface area contributed by atoms with Gasteiger partial charge in [-0.25, -0.2) is 0 Å². The summed E-state index contributed by atoms with van der Waals surface area (Å²) in [5.41, 5.74) is 19.1. The molecule has 0 amide bonds. The molecule has 2 heteroatoms. The highest BCUT2D eigenvalue weighted by molar-refractivity contribution is 7.26. The summed E-state index contributed by atoms with van der Waals surface area (Å²) < 4.78 is 2.65. The standard InChI is InChI=1S/C59H43NS/c1-2-18-40(19-3-1)44-22-4-5-23-46(44)47-24-6-7-25-48(47)50-27-9-12-32-56(50)60(43-34-35-55-53(39-43)49-26-8-11-31-54(49)59(55)36-14-15-37-59)42-21-16-20-41(38-42)45-29-17-30-52-51-28-10-13-33-57(51)61-58(45)52/h1-13,16-35,38-39H,14-15,36-37H2. The minimum Gasteiger partial charge on any atom is -0.310 e. The van der Waals surface area contributed by atoms with Gasteiger partial charge in [-0.3, -0.25) is 0 Å². The first kappa shape index (κ1) is 35.9. The fourth-order valence-corrected chi connectivity index (χ4v) is 12.0. The van der Waals surface area contributed by atoms with E-state index >= 15 is 0 Å². The van der Waals surface area contributed by atoms with Crippen LogP contribution in [0, 0.1) is 0 Å². The van der Waals surface area contributed by atoms with Crippen LogP contribution >= 0.6 is 11.3 Å². The molecule has 1 spiro atoms. The van der Waals surface area contributed by atoms with E-state index in [2.05, 4.69) is 217 Å². The van der Waals surface area contributed by atoms with Gasteiger partial charge < -0.3 is 4.90 Å². The zero-order valence-electron chi connectivity index (χ0n) is 33.9. The van der Waals surface area contributed by atoms with Gasteiger partial charge in [0.2, 0.25) is 0 Å². The average Bonchev–Trinajstić information content (AvgIpc) is 4.05. The highest BCUT2D eigenvalue weighted by atomic mass is 32.1. The number of rotatable bonds is 7. The number of fused-ring (bicyclic) bond motifs is 8. The van der Waals surface area contributed by atoms with Crippen molar-refractivity contribution in [3.05, 3.63) is 223 Å². The fraction of sp³-hybridized carbons (Fsp3) is 0.0847. The fourth-order valence-electron chi connectivity index (χ4n) is 10.8. The molecule has 0 bridgehead atoms. The zero-order chi connectivity index (χ0) is 40.3. The molecule has 0 unspecified atom stereocenters. The van der Waals surface area contributed by atoms with Crippen molar-refractivity contribution < 1.29 is 0 Å². The Hall–Kier alpha value is -7.00. The van der Waals surface area contributed by atoms with Crippen molar-refractivity contribution in [1.29, 1.82) is 0 Å². The third-order valence-corrected chi connectivity index (χ3v) is 14.7. The Morgan fingerprint density at radius 3 is 1.74 bits per heavy atom. The maximum absolute atomic E-state index is 2.52. The second-order valence-electron chi connectivity index (χ2n) is 16.7. The summed E-state index contributed by atoms with van der Waals surface area (Å²) >= 11 is 1.89. The van der Waals surface area contributed by atoms with Crippen molar-refractivity contribution in [3.63, 3.8) is 0 Å². The van der Waals surface area contributed by atoms with Crippen LogP contribution in [0.4, 0.5) is 17.1 Å². The zero-order valence-corrected chi connectivity index (χ0v) is 34.7. The molecule has 1 aromatic heterocycles. The summed E-state index contributed by atoms with van der Waals surface area (Å²) in [5.74, 6) is 0. The molecule has 0 N–H and O–H groups in total. The Balaban J connectivity index is 1.08. The molecule has 61 heavy (non-hydrogen) atoms. The first-order chi connectivity index (χ1) is 30.2. The lowest BCUT2D eigenvalue weighted by atomic mass is 9.77. The van der Waals surface area contributed by atoms with Crippen molar-refractivity contribution in [2.75, 3.05) is 4.90 Å². The molecule has 0 radical (unpaired) electrons. The van der Waals surface area contributed by atoms with E-state index in [9.17, 15) is 0 Å². The third-order valence-electron chi connectivity index (χ3n) is 13.5. The SMILES string of the molecule is c1ccc(-c2ccccc2-c2ccccc2-c2ccccc2N(c2cccc(-c3cccc4c3sc3ccccc34)c2)c2ccc3c(c2)-c2ccccc2C32CCCC2)cc1. The minimum absolute atomic E-state index is 0.112. The normalized spacial score (nSPS) is 13.8. The highest BCUT2D eigenvalue weighted by Crippen LogP contribution is 2.58. The van der Waals surface area contributed by atoms with Crippen LogP contribution in [0.2, 0.25) is 0 Å². The Kier molecular flexibility index (Phi) is 8.61. The van der Waals surface area contributed by atoms with E-state index in [1.54, 1.807) is 0 Å². The molecule has 0 atom stereocenters. The van der Waals surface area contributed by atoms with E-state index in [-0.39, 0.29) is 5.41 Å². The van der Waals surface area contributed by atoms with Gasteiger partial charge in [-0.1, -0.05) is 189 Å². The summed E-state index contributed by atoms with van der Waals surface area (Å²) in [7, 11) is 0. The molecule has 2 aliphatic rings. The van der Waals surface area contributed by atoms with Crippen LogP contribution in [0.25, 0.3) is 75.8 Å². The molecule has 1 nitrogen and oxygen atoms in total. The van der Waals surface area contributed by atoms with Crippen molar-refractivity contribution in [1.82, 2.24) is 0 Å². The van der Waals surface area contributed by atoms with Gasteiger partial charge in [0.1, 0.15) is 0 Å². The first-order valence-corrected chi connectivity index (χ1v) is 22.5. The summed E-state index contributed by atoms with van der Waals surface area (Å²) in [6, 6.07) is 79.0. The van der Waals surface area contributed by atoms with E-state index < -0.39 is 0 Å². The summed E-state index contributed by atoms with van der Waals surface area (Å²) in [6.45, 7) is 0. The van der Waals surface area contributed by atoms with Crippen LogP contribution in [-0.4, -0.2) is 0 Å². The molecule has 12 rings (SSSR count). The maximum Gasteiger partial charge on any atom is 0.0540 e. The van der Waals surface area contributed by atoms with E-state index in [0.29, 0.717) is 0 Å². The molecule has 9 aromatic carbocycles. The van der Waals surface area contributed by atoms with Crippen LogP contribution in [0.1, 0.15) is 36.8 Å². The van der Waals surface area contributed by atoms with Gasteiger partial charge in [0, 0.05) is 42.5 Å². The van der Waals surface area contributed by atoms with Crippen LogP contribution in [-0.2, 0) is 5.41 Å². The van der Waals surface area contributed by atoms with E-state index in [4.69, 9.17) is 0 Å². The van der Waals surface area contributed by atoms with Crippen LogP contribution in [0.15, 0.2) is 212 Å². The Morgan fingerprint density at radius 2 is 0.918 bits per heavy atom. The van der Waals surface area contributed by atoms with E-state index in [1.165, 1.54) is 113 Å². The van der Waals surface area contributed by atoms with Crippen molar-refractivity contribution in [3.8, 4) is 55.6 Å². The molecular weight excluding hydrogens is 755 g/mol. The molecule has 2 aliphatic carbocycles. The molecule has 1 fully saturated rings. The van der Waals surface area contributed by atoms with Crippen molar-refractivity contribution in [2.45, 2.75) is 31.1 Å². The van der Waals surface area contributed by atoms with Crippen LogP contribution < -0.4 is 4.90 Å². The second kappa shape index (κ2) is 14.6. The number of hydrogen-bond acceptors (Lipinski definition) is 2. The van der Waals surface area contributed by atoms with Crippen LogP contribution in [0.3, 0.4) is 0 Å². The molecule has 10 aromatic rings. The largest absolute Gasteiger partial charge is 0.310 e. The predicted octanol–water partition coefficient (Wildman–Crippen LogP) is 17.0. The van der Waals surface area contributed by atoms with E-state index in [1.807, 2.05) is 11.3 Å².